The summed E-state index contributed by atoms with van der Waals surface area (Å²) in [4.78, 5) is 11.5. The van der Waals surface area contributed by atoms with Crippen LogP contribution in [0.4, 0.5) is 5.82 Å². The van der Waals surface area contributed by atoms with Gasteiger partial charge in [0.15, 0.2) is 0 Å². The SMILES string of the molecule is Cc1ccc(-c2c(C)sc3nc(C)nc(NCCOCCO)c23)cc1. The monoisotopic (exact) mass is 357 g/mol. The van der Waals surface area contributed by atoms with Crippen molar-refractivity contribution >= 4 is 27.4 Å². The van der Waals surface area contributed by atoms with Crippen LogP contribution in [0.25, 0.3) is 21.3 Å². The molecule has 3 rings (SSSR count). The highest BCUT2D eigenvalue weighted by atomic mass is 32.1. The zero-order valence-corrected chi connectivity index (χ0v) is 15.6. The molecular weight excluding hydrogens is 334 g/mol. The fraction of sp³-hybridized carbons (Fsp3) is 0.368. The first-order valence-corrected chi connectivity index (χ1v) is 9.19. The van der Waals surface area contributed by atoms with Gasteiger partial charge in [0.1, 0.15) is 16.5 Å². The third-order valence-corrected chi connectivity index (χ3v) is 4.95. The molecule has 0 saturated carbocycles. The average Bonchev–Trinajstić information content (AvgIpc) is 2.91. The number of anilines is 1. The molecule has 0 saturated heterocycles. The lowest BCUT2D eigenvalue weighted by Crippen LogP contribution is -2.13. The van der Waals surface area contributed by atoms with E-state index in [0.717, 1.165) is 21.9 Å². The Morgan fingerprint density at radius 3 is 2.56 bits per heavy atom. The largest absolute Gasteiger partial charge is 0.394 e. The van der Waals surface area contributed by atoms with Crippen LogP contribution in [0.15, 0.2) is 24.3 Å². The van der Waals surface area contributed by atoms with Crippen LogP contribution < -0.4 is 5.32 Å². The minimum atomic E-state index is 0.0398. The first kappa shape index (κ1) is 17.8. The number of thiophene rings is 1. The molecule has 2 heterocycles. The maximum atomic E-state index is 8.78. The molecule has 2 N–H and O–H groups in total. The van der Waals surface area contributed by atoms with Crippen LogP contribution in [-0.2, 0) is 4.74 Å². The van der Waals surface area contributed by atoms with Gasteiger partial charge < -0.3 is 15.2 Å². The summed E-state index contributed by atoms with van der Waals surface area (Å²) in [5, 5.41) is 13.2. The van der Waals surface area contributed by atoms with Crippen molar-refractivity contribution in [2.45, 2.75) is 20.8 Å². The number of ether oxygens (including phenoxy) is 1. The summed E-state index contributed by atoms with van der Waals surface area (Å²) in [7, 11) is 0. The smallest absolute Gasteiger partial charge is 0.139 e. The predicted molar refractivity (Wildman–Crippen MR) is 103 cm³/mol. The number of aliphatic hydroxyl groups is 1. The maximum Gasteiger partial charge on any atom is 0.139 e. The van der Waals surface area contributed by atoms with Gasteiger partial charge in [-0.25, -0.2) is 9.97 Å². The van der Waals surface area contributed by atoms with E-state index in [0.29, 0.717) is 19.8 Å². The Morgan fingerprint density at radius 1 is 1.08 bits per heavy atom. The van der Waals surface area contributed by atoms with Gasteiger partial charge in [0.25, 0.3) is 0 Å². The molecule has 6 heteroatoms. The van der Waals surface area contributed by atoms with Gasteiger partial charge in [-0.3, -0.25) is 0 Å². The standard InChI is InChI=1S/C19H23N3O2S/c1-12-4-6-15(7-5-12)16-13(2)25-19-17(16)18(21-14(3)22-19)20-8-10-24-11-9-23/h4-7,23H,8-11H2,1-3H3,(H,20,21,22). The van der Waals surface area contributed by atoms with E-state index in [1.54, 1.807) is 11.3 Å². The zero-order valence-electron chi connectivity index (χ0n) is 14.8. The van der Waals surface area contributed by atoms with Gasteiger partial charge in [-0.05, 0) is 26.3 Å². The number of rotatable bonds is 7. The second-order valence-corrected chi connectivity index (χ2v) is 7.16. The third-order valence-electron chi connectivity index (χ3n) is 3.95. The molecule has 0 aliphatic rings. The topological polar surface area (TPSA) is 67.3 Å². The van der Waals surface area contributed by atoms with E-state index in [9.17, 15) is 0 Å². The van der Waals surface area contributed by atoms with Crippen LogP contribution in [0.3, 0.4) is 0 Å². The highest BCUT2D eigenvalue weighted by Crippen LogP contribution is 2.40. The first-order chi connectivity index (χ1) is 12.1. The van der Waals surface area contributed by atoms with Crippen LogP contribution in [0.5, 0.6) is 0 Å². The fourth-order valence-electron chi connectivity index (χ4n) is 2.82. The van der Waals surface area contributed by atoms with Gasteiger partial charge in [-0.1, -0.05) is 29.8 Å². The summed E-state index contributed by atoms with van der Waals surface area (Å²) >= 11 is 1.70. The van der Waals surface area contributed by atoms with Crippen LogP contribution in [0, 0.1) is 20.8 Å². The van der Waals surface area contributed by atoms with Gasteiger partial charge in [-0.15, -0.1) is 11.3 Å². The van der Waals surface area contributed by atoms with Gasteiger partial charge in [0.05, 0.1) is 25.2 Å². The molecule has 5 nitrogen and oxygen atoms in total. The molecule has 0 aliphatic heterocycles. The van der Waals surface area contributed by atoms with Gasteiger partial charge in [0.2, 0.25) is 0 Å². The number of aliphatic hydroxyl groups excluding tert-OH is 1. The van der Waals surface area contributed by atoms with Crippen molar-refractivity contribution in [3.8, 4) is 11.1 Å². The number of fused-ring (bicyclic) bond motifs is 1. The Hall–Kier alpha value is -2.02. The highest BCUT2D eigenvalue weighted by Gasteiger charge is 2.17. The summed E-state index contributed by atoms with van der Waals surface area (Å²) in [5.74, 6) is 1.60. The van der Waals surface area contributed by atoms with Crippen LogP contribution in [0.1, 0.15) is 16.3 Å². The summed E-state index contributed by atoms with van der Waals surface area (Å²) in [6.07, 6.45) is 0. The quantitative estimate of drug-likeness (QED) is 0.631. The molecule has 0 atom stereocenters. The molecule has 0 aliphatic carbocycles. The van der Waals surface area contributed by atoms with Crippen LogP contribution in [0.2, 0.25) is 0 Å². The molecule has 0 radical (unpaired) electrons. The molecular formula is C19H23N3O2S. The molecule has 0 fully saturated rings. The molecule has 25 heavy (non-hydrogen) atoms. The number of benzene rings is 1. The molecule has 2 aromatic heterocycles. The fourth-order valence-corrected chi connectivity index (χ4v) is 3.91. The predicted octanol–water partition coefficient (Wildman–Crippen LogP) is 3.70. The lowest BCUT2D eigenvalue weighted by molar-refractivity contribution is 0.0992. The molecule has 0 bridgehead atoms. The van der Waals surface area contributed by atoms with E-state index in [-0.39, 0.29) is 6.61 Å². The van der Waals surface area contributed by atoms with Crippen molar-refractivity contribution in [3.63, 3.8) is 0 Å². The van der Waals surface area contributed by atoms with Crippen molar-refractivity contribution in [1.82, 2.24) is 9.97 Å². The lowest BCUT2D eigenvalue weighted by Gasteiger charge is -2.10. The molecule has 0 spiro atoms. The third kappa shape index (κ3) is 3.98. The summed E-state index contributed by atoms with van der Waals surface area (Å²) < 4.78 is 5.33. The number of nitrogens with one attached hydrogen (secondary N) is 1. The molecule has 132 valence electrons. The van der Waals surface area contributed by atoms with Crippen molar-refractivity contribution in [1.29, 1.82) is 0 Å². The van der Waals surface area contributed by atoms with E-state index in [2.05, 4.69) is 53.4 Å². The van der Waals surface area contributed by atoms with Crippen molar-refractivity contribution in [2.75, 3.05) is 31.7 Å². The van der Waals surface area contributed by atoms with Gasteiger partial charge in [-0.2, -0.15) is 0 Å². The Kier molecular flexibility index (Phi) is 5.63. The Morgan fingerprint density at radius 2 is 1.84 bits per heavy atom. The summed E-state index contributed by atoms with van der Waals surface area (Å²) in [6, 6.07) is 8.56. The molecule has 1 aromatic carbocycles. The van der Waals surface area contributed by atoms with Crippen LogP contribution in [-0.4, -0.2) is 41.4 Å². The minimum absolute atomic E-state index is 0.0398. The second-order valence-electron chi connectivity index (χ2n) is 5.96. The van der Waals surface area contributed by atoms with Crippen molar-refractivity contribution in [2.24, 2.45) is 0 Å². The zero-order chi connectivity index (χ0) is 17.8. The Bertz CT molecular complexity index is 859. The molecule has 0 unspecified atom stereocenters. The molecule has 0 amide bonds. The van der Waals surface area contributed by atoms with Gasteiger partial charge >= 0.3 is 0 Å². The van der Waals surface area contributed by atoms with E-state index in [1.807, 2.05) is 6.92 Å². The van der Waals surface area contributed by atoms with Crippen molar-refractivity contribution in [3.05, 3.63) is 40.5 Å². The summed E-state index contributed by atoms with van der Waals surface area (Å²) in [6.45, 7) is 7.68. The number of aryl methyl sites for hydroxylation is 3. The number of hydrogen-bond acceptors (Lipinski definition) is 6. The second kappa shape index (κ2) is 7.91. The number of nitrogens with zero attached hydrogens (tertiary/aromatic N) is 2. The normalized spacial score (nSPS) is 11.2. The van der Waals surface area contributed by atoms with E-state index < -0.39 is 0 Å². The van der Waals surface area contributed by atoms with Crippen molar-refractivity contribution < 1.29 is 9.84 Å². The van der Waals surface area contributed by atoms with E-state index >= 15 is 0 Å². The molecule has 3 aromatic rings. The number of aromatic nitrogens is 2. The minimum Gasteiger partial charge on any atom is -0.394 e. The van der Waals surface area contributed by atoms with Gasteiger partial charge in [0, 0.05) is 17.0 Å². The highest BCUT2D eigenvalue weighted by molar-refractivity contribution is 7.19. The van der Waals surface area contributed by atoms with E-state index in [1.165, 1.54) is 21.6 Å². The number of hydrogen-bond donors (Lipinski definition) is 2. The summed E-state index contributed by atoms with van der Waals surface area (Å²) in [5.41, 5.74) is 3.62. The average molecular weight is 357 g/mol. The Labute approximate surface area is 151 Å². The maximum absolute atomic E-state index is 8.78. The Balaban J connectivity index is 1.99. The van der Waals surface area contributed by atoms with E-state index in [4.69, 9.17) is 9.84 Å². The lowest BCUT2D eigenvalue weighted by atomic mass is 10.0. The first-order valence-electron chi connectivity index (χ1n) is 8.37. The van der Waals surface area contributed by atoms with Crippen LogP contribution >= 0.6 is 11.3 Å².